The minimum atomic E-state index is -1.37. The molecule has 0 aromatic rings. The lowest BCUT2D eigenvalue weighted by Crippen LogP contribution is -2.44. The van der Waals surface area contributed by atoms with Crippen molar-refractivity contribution in [3.8, 4) is 0 Å². The summed E-state index contributed by atoms with van der Waals surface area (Å²) in [6.45, 7) is 12.1. The Morgan fingerprint density at radius 1 is 0.720 bits per heavy atom. The van der Waals surface area contributed by atoms with E-state index in [2.05, 4.69) is 4.74 Å². The monoisotopic (exact) mass is 358 g/mol. The Hall–Kier alpha value is -1.59. The van der Waals surface area contributed by atoms with Crippen molar-refractivity contribution in [1.82, 2.24) is 0 Å². The quantitative estimate of drug-likeness (QED) is 0.284. The fourth-order valence-electron chi connectivity index (χ4n) is 2.10. The molecular weight excluding hydrogens is 324 g/mol. The lowest BCUT2D eigenvalue weighted by molar-refractivity contribution is -0.184. The van der Waals surface area contributed by atoms with E-state index in [1.54, 1.807) is 48.5 Å². The van der Waals surface area contributed by atoms with Gasteiger partial charge in [0.2, 0.25) is 0 Å². The summed E-state index contributed by atoms with van der Waals surface area (Å²) in [4.78, 5) is 36.4. The van der Waals surface area contributed by atoms with Gasteiger partial charge in [-0.05, 0) is 61.3 Å². The highest BCUT2D eigenvalue weighted by Crippen LogP contribution is 2.32. The number of methoxy groups -OCH3 is 1. The maximum absolute atomic E-state index is 12.6. The van der Waals surface area contributed by atoms with E-state index >= 15 is 0 Å². The smallest absolute Gasteiger partial charge is 0.323 e. The number of hydrogen-bond acceptors (Lipinski definition) is 6. The summed E-state index contributed by atoms with van der Waals surface area (Å²) in [5.41, 5.74) is -2.75. The first kappa shape index (κ1) is 23.4. The second-order valence-corrected chi connectivity index (χ2v) is 8.47. The van der Waals surface area contributed by atoms with E-state index in [0.717, 1.165) is 0 Å². The summed E-state index contributed by atoms with van der Waals surface area (Å²) in [5.74, 6) is -1.42. The van der Waals surface area contributed by atoms with Gasteiger partial charge in [-0.25, -0.2) is 0 Å². The van der Waals surface area contributed by atoms with Crippen LogP contribution in [-0.4, -0.2) is 36.2 Å². The Kier molecular flexibility index (Phi) is 8.62. The number of hydrogen-bond donors (Lipinski definition) is 0. The van der Waals surface area contributed by atoms with Gasteiger partial charge in [-0.15, -0.1) is 0 Å². The normalized spacial score (nSPS) is 12.5. The molecule has 0 bridgehead atoms. The Morgan fingerprint density at radius 2 is 1.16 bits per heavy atom. The summed E-state index contributed by atoms with van der Waals surface area (Å²) in [6.07, 6.45) is 2.58. The SMILES string of the molecule is COC(=O)CCCCCC(C)(C(=O)OC(C)(C)C)C(=O)OC(C)(C)C. The van der Waals surface area contributed by atoms with Gasteiger partial charge < -0.3 is 14.2 Å². The van der Waals surface area contributed by atoms with Crippen LogP contribution in [0.25, 0.3) is 0 Å². The third-order valence-electron chi connectivity index (χ3n) is 3.48. The number of esters is 3. The Labute approximate surface area is 151 Å². The summed E-state index contributed by atoms with van der Waals surface area (Å²) < 4.78 is 15.5. The molecule has 146 valence electrons. The van der Waals surface area contributed by atoms with Crippen LogP contribution in [0.4, 0.5) is 0 Å². The maximum Gasteiger partial charge on any atom is 0.323 e. The molecule has 0 N–H and O–H groups in total. The molecule has 0 aliphatic rings. The predicted octanol–water partition coefficient (Wildman–Crippen LogP) is 3.80. The van der Waals surface area contributed by atoms with Gasteiger partial charge in [-0.2, -0.15) is 0 Å². The second kappa shape index (κ2) is 9.20. The lowest BCUT2D eigenvalue weighted by Gasteiger charge is -2.32. The number of carbonyl (C=O) groups is 3. The number of carbonyl (C=O) groups excluding carboxylic acids is 3. The largest absolute Gasteiger partial charge is 0.469 e. The Morgan fingerprint density at radius 3 is 1.52 bits per heavy atom. The van der Waals surface area contributed by atoms with Gasteiger partial charge >= 0.3 is 17.9 Å². The first-order chi connectivity index (χ1) is 11.2. The summed E-state index contributed by atoms with van der Waals surface area (Å²) in [6, 6.07) is 0. The molecule has 0 saturated heterocycles. The number of unbranched alkanes of at least 4 members (excludes halogenated alkanes) is 2. The average Bonchev–Trinajstić information content (AvgIpc) is 2.42. The molecule has 0 unspecified atom stereocenters. The van der Waals surface area contributed by atoms with Gasteiger partial charge in [-0.1, -0.05) is 12.8 Å². The topological polar surface area (TPSA) is 78.9 Å². The van der Waals surface area contributed by atoms with Crippen molar-refractivity contribution in [3.63, 3.8) is 0 Å². The van der Waals surface area contributed by atoms with Crippen LogP contribution in [-0.2, 0) is 28.6 Å². The zero-order valence-electron chi connectivity index (χ0n) is 17.0. The predicted molar refractivity (Wildman–Crippen MR) is 94.9 cm³/mol. The summed E-state index contributed by atoms with van der Waals surface area (Å²) in [7, 11) is 1.35. The fourth-order valence-corrected chi connectivity index (χ4v) is 2.10. The van der Waals surface area contributed by atoms with Crippen LogP contribution in [0.5, 0.6) is 0 Å². The molecule has 6 nitrogen and oxygen atoms in total. The molecule has 0 saturated carbocycles. The molecule has 0 aromatic carbocycles. The minimum absolute atomic E-state index is 0.262. The van der Waals surface area contributed by atoms with E-state index in [9.17, 15) is 14.4 Å². The van der Waals surface area contributed by atoms with Crippen LogP contribution in [0.3, 0.4) is 0 Å². The lowest BCUT2D eigenvalue weighted by atomic mass is 9.84. The van der Waals surface area contributed by atoms with Crippen LogP contribution in [0.15, 0.2) is 0 Å². The Balaban J connectivity index is 4.98. The van der Waals surface area contributed by atoms with Crippen molar-refractivity contribution in [2.75, 3.05) is 7.11 Å². The molecule has 0 fully saturated rings. The second-order valence-electron chi connectivity index (χ2n) is 8.47. The molecule has 0 amide bonds. The van der Waals surface area contributed by atoms with Crippen LogP contribution in [0, 0.1) is 5.41 Å². The first-order valence-corrected chi connectivity index (χ1v) is 8.75. The van der Waals surface area contributed by atoms with Gasteiger partial charge in [0.05, 0.1) is 7.11 Å². The van der Waals surface area contributed by atoms with Crippen molar-refractivity contribution in [1.29, 1.82) is 0 Å². The maximum atomic E-state index is 12.6. The van der Waals surface area contributed by atoms with Gasteiger partial charge in [0.15, 0.2) is 5.41 Å². The van der Waals surface area contributed by atoms with Crippen molar-refractivity contribution in [2.45, 2.75) is 91.8 Å². The van der Waals surface area contributed by atoms with Gasteiger partial charge in [-0.3, -0.25) is 14.4 Å². The van der Waals surface area contributed by atoms with Crippen LogP contribution in [0.2, 0.25) is 0 Å². The molecule has 0 aliphatic carbocycles. The molecule has 6 heteroatoms. The number of rotatable bonds is 8. The first-order valence-electron chi connectivity index (χ1n) is 8.75. The van der Waals surface area contributed by atoms with Crippen LogP contribution >= 0.6 is 0 Å². The zero-order valence-corrected chi connectivity index (χ0v) is 17.0. The van der Waals surface area contributed by atoms with Gasteiger partial charge in [0.25, 0.3) is 0 Å². The fraction of sp³-hybridized carbons (Fsp3) is 0.842. The van der Waals surface area contributed by atoms with E-state index in [4.69, 9.17) is 9.47 Å². The van der Waals surface area contributed by atoms with Gasteiger partial charge in [0.1, 0.15) is 11.2 Å². The highest BCUT2D eigenvalue weighted by Gasteiger charge is 2.46. The minimum Gasteiger partial charge on any atom is -0.469 e. The van der Waals surface area contributed by atoms with Crippen LogP contribution in [0.1, 0.15) is 80.6 Å². The zero-order chi connectivity index (χ0) is 19.9. The van der Waals surface area contributed by atoms with E-state index in [1.807, 2.05) is 0 Å². The van der Waals surface area contributed by atoms with Crippen molar-refractivity contribution < 1.29 is 28.6 Å². The molecule has 0 heterocycles. The third-order valence-corrected chi connectivity index (χ3v) is 3.48. The summed E-state index contributed by atoms with van der Waals surface area (Å²) >= 11 is 0. The highest BCUT2D eigenvalue weighted by molar-refractivity contribution is 5.99. The van der Waals surface area contributed by atoms with Crippen LogP contribution < -0.4 is 0 Å². The highest BCUT2D eigenvalue weighted by atomic mass is 16.6. The molecule has 0 rings (SSSR count). The molecule has 0 aliphatic heterocycles. The van der Waals surface area contributed by atoms with Crippen molar-refractivity contribution in [3.05, 3.63) is 0 Å². The number of ether oxygens (including phenoxy) is 3. The van der Waals surface area contributed by atoms with Crippen molar-refractivity contribution in [2.24, 2.45) is 5.41 Å². The Bertz CT molecular complexity index is 439. The molecule has 0 spiro atoms. The third kappa shape index (κ3) is 9.46. The van der Waals surface area contributed by atoms with E-state index in [1.165, 1.54) is 7.11 Å². The van der Waals surface area contributed by atoms with Gasteiger partial charge in [0, 0.05) is 6.42 Å². The summed E-state index contributed by atoms with van der Waals surface area (Å²) in [5, 5.41) is 0. The average molecular weight is 358 g/mol. The molecular formula is C19H34O6. The molecule has 0 atom stereocenters. The molecule has 25 heavy (non-hydrogen) atoms. The molecule has 0 radical (unpaired) electrons. The van der Waals surface area contributed by atoms with E-state index < -0.39 is 28.6 Å². The van der Waals surface area contributed by atoms with E-state index in [-0.39, 0.29) is 5.97 Å². The standard InChI is InChI=1S/C19H34O6/c1-17(2,3)24-15(21)19(7,16(22)25-18(4,5)6)13-11-9-10-12-14(20)23-8/h9-13H2,1-8H3. The molecule has 0 aromatic heterocycles. The van der Waals surface area contributed by atoms with E-state index in [0.29, 0.717) is 32.1 Å². The van der Waals surface area contributed by atoms with Crippen molar-refractivity contribution >= 4 is 17.9 Å².